The third kappa shape index (κ3) is 2.76. The van der Waals surface area contributed by atoms with Gasteiger partial charge in [-0.05, 0) is 73.9 Å². The van der Waals surface area contributed by atoms with Crippen molar-refractivity contribution >= 4 is 15.7 Å². The molecule has 0 amide bonds. The Morgan fingerprint density at radius 1 is 0.963 bits per heavy atom. The molecule has 1 aromatic carbocycles. The molecular weight excluding hydrogens is 360 g/mol. The van der Waals surface area contributed by atoms with Crippen LogP contribution in [0.1, 0.15) is 48.7 Å². The van der Waals surface area contributed by atoms with Gasteiger partial charge >= 0.3 is 0 Å². The van der Waals surface area contributed by atoms with Crippen LogP contribution in [0.2, 0.25) is 0 Å². The summed E-state index contributed by atoms with van der Waals surface area (Å²) in [5.74, 6) is 0.699. The van der Waals surface area contributed by atoms with E-state index in [-0.39, 0.29) is 6.04 Å². The molecule has 0 radical (unpaired) electrons. The summed E-state index contributed by atoms with van der Waals surface area (Å²) in [4.78, 5) is 0.406. The number of hydrogen-bond acceptors (Lipinski definition) is 4. The summed E-state index contributed by atoms with van der Waals surface area (Å²) in [5, 5.41) is 8.51. The minimum Gasteiger partial charge on any atom is -0.285 e. The van der Waals surface area contributed by atoms with Crippen LogP contribution in [0, 0.1) is 0 Å². The molecule has 2 aromatic heterocycles. The molecule has 1 atom stereocenters. The van der Waals surface area contributed by atoms with Gasteiger partial charge in [-0.3, -0.25) is 4.40 Å². The van der Waals surface area contributed by atoms with Gasteiger partial charge in [0, 0.05) is 12.7 Å². The number of benzene rings is 1. The Bertz CT molecular complexity index is 1110. The van der Waals surface area contributed by atoms with Gasteiger partial charge in [0.15, 0.2) is 11.5 Å². The van der Waals surface area contributed by atoms with Crippen LogP contribution in [0.4, 0.5) is 0 Å². The highest BCUT2D eigenvalue weighted by Gasteiger charge is 2.38. The normalized spacial score (nSPS) is 20.8. The van der Waals surface area contributed by atoms with Crippen LogP contribution >= 0.6 is 0 Å². The van der Waals surface area contributed by atoms with Gasteiger partial charge < -0.3 is 0 Å². The van der Waals surface area contributed by atoms with Crippen molar-refractivity contribution in [1.29, 1.82) is 0 Å². The Kier molecular flexibility index (Phi) is 4.02. The molecule has 2 aliphatic rings. The molecule has 1 aliphatic carbocycles. The molecule has 6 nitrogen and oxygen atoms in total. The van der Waals surface area contributed by atoms with Crippen LogP contribution in [0.15, 0.2) is 47.5 Å². The first-order chi connectivity index (χ1) is 13.1. The van der Waals surface area contributed by atoms with Crippen LogP contribution in [0.25, 0.3) is 5.65 Å². The second-order valence-corrected chi connectivity index (χ2v) is 9.29. The van der Waals surface area contributed by atoms with Crippen molar-refractivity contribution in [2.45, 2.75) is 49.5 Å². The van der Waals surface area contributed by atoms with Gasteiger partial charge in [0.05, 0.1) is 10.9 Å². The fourth-order valence-electron chi connectivity index (χ4n) is 4.38. The number of pyridine rings is 1. The zero-order chi connectivity index (χ0) is 18.4. The van der Waals surface area contributed by atoms with Crippen LogP contribution in [0.5, 0.6) is 0 Å². The van der Waals surface area contributed by atoms with E-state index >= 15 is 0 Å². The standard InChI is InChI=1S/C20H22N4O2S/c25-27(26,17-11-10-15-6-1-2-7-16(15)14-17)24-13-5-8-18(24)20-22-21-19-9-3-4-12-23(19)20/h3-4,9-12,14,18H,1-2,5-8,13H2. The molecule has 1 fully saturated rings. The number of hydrogen-bond donors (Lipinski definition) is 0. The van der Waals surface area contributed by atoms with Crippen molar-refractivity contribution in [2.75, 3.05) is 6.54 Å². The molecule has 0 N–H and O–H groups in total. The first kappa shape index (κ1) is 16.9. The average Bonchev–Trinajstić information content (AvgIpc) is 3.34. The molecular formula is C20H22N4O2S. The molecule has 1 aliphatic heterocycles. The smallest absolute Gasteiger partial charge is 0.243 e. The van der Waals surface area contributed by atoms with Crippen molar-refractivity contribution in [3.8, 4) is 0 Å². The highest BCUT2D eigenvalue weighted by Crippen LogP contribution is 2.36. The number of rotatable bonds is 3. The predicted octanol–water partition coefficient (Wildman–Crippen LogP) is 3.13. The summed E-state index contributed by atoms with van der Waals surface area (Å²) in [5.41, 5.74) is 3.22. The molecule has 0 bridgehead atoms. The Morgan fingerprint density at radius 2 is 1.81 bits per heavy atom. The van der Waals surface area contributed by atoms with Crippen molar-refractivity contribution in [3.63, 3.8) is 0 Å². The molecule has 27 heavy (non-hydrogen) atoms. The zero-order valence-electron chi connectivity index (χ0n) is 15.1. The fourth-order valence-corrected chi connectivity index (χ4v) is 6.08. The van der Waals surface area contributed by atoms with Crippen molar-refractivity contribution in [2.24, 2.45) is 0 Å². The van der Waals surface area contributed by atoms with Gasteiger partial charge in [-0.1, -0.05) is 12.1 Å². The van der Waals surface area contributed by atoms with E-state index in [2.05, 4.69) is 10.2 Å². The SMILES string of the molecule is O=S(=O)(c1ccc2c(c1)CCCC2)N1CCCC1c1nnc2ccccn12. The largest absolute Gasteiger partial charge is 0.285 e. The molecule has 0 spiro atoms. The number of aromatic nitrogens is 3. The summed E-state index contributed by atoms with van der Waals surface area (Å²) in [6, 6.07) is 11.1. The number of nitrogens with zero attached hydrogens (tertiary/aromatic N) is 4. The van der Waals surface area contributed by atoms with Crippen molar-refractivity contribution < 1.29 is 8.42 Å². The maximum atomic E-state index is 13.4. The van der Waals surface area contributed by atoms with E-state index in [9.17, 15) is 8.42 Å². The zero-order valence-corrected chi connectivity index (χ0v) is 15.9. The highest BCUT2D eigenvalue weighted by molar-refractivity contribution is 7.89. The lowest BCUT2D eigenvalue weighted by atomic mass is 9.92. The first-order valence-electron chi connectivity index (χ1n) is 9.58. The van der Waals surface area contributed by atoms with E-state index < -0.39 is 10.0 Å². The lowest BCUT2D eigenvalue weighted by Gasteiger charge is -2.24. The predicted molar refractivity (Wildman–Crippen MR) is 102 cm³/mol. The molecule has 1 saturated heterocycles. The second kappa shape index (κ2) is 6.42. The summed E-state index contributed by atoms with van der Waals surface area (Å²) in [6.07, 6.45) is 7.83. The van der Waals surface area contributed by atoms with Crippen LogP contribution in [-0.2, 0) is 22.9 Å². The third-order valence-corrected chi connectivity index (χ3v) is 7.67. The summed E-state index contributed by atoms with van der Waals surface area (Å²) >= 11 is 0. The van der Waals surface area contributed by atoms with E-state index in [1.54, 1.807) is 10.4 Å². The molecule has 7 heteroatoms. The van der Waals surface area contributed by atoms with E-state index in [1.165, 1.54) is 17.5 Å². The van der Waals surface area contributed by atoms with Gasteiger partial charge in [0.2, 0.25) is 10.0 Å². The number of sulfonamides is 1. The molecule has 0 saturated carbocycles. The van der Waals surface area contributed by atoms with Gasteiger partial charge in [-0.15, -0.1) is 10.2 Å². The maximum absolute atomic E-state index is 13.4. The third-order valence-electron chi connectivity index (χ3n) is 5.77. The van der Waals surface area contributed by atoms with E-state index in [1.807, 2.05) is 40.9 Å². The molecule has 1 unspecified atom stereocenters. The van der Waals surface area contributed by atoms with Crippen LogP contribution < -0.4 is 0 Å². The Labute approximate surface area is 158 Å². The number of fused-ring (bicyclic) bond motifs is 2. The van der Waals surface area contributed by atoms with Crippen molar-refractivity contribution in [1.82, 2.24) is 18.9 Å². The monoisotopic (exact) mass is 382 g/mol. The Hall–Kier alpha value is -2.25. The van der Waals surface area contributed by atoms with Crippen LogP contribution in [0.3, 0.4) is 0 Å². The topological polar surface area (TPSA) is 67.6 Å². The van der Waals surface area contributed by atoms with E-state index in [0.717, 1.165) is 37.8 Å². The van der Waals surface area contributed by atoms with E-state index in [0.29, 0.717) is 17.3 Å². The van der Waals surface area contributed by atoms with Gasteiger partial charge in [0.25, 0.3) is 0 Å². The van der Waals surface area contributed by atoms with Gasteiger partial charge in [-0.2, -0.15) is 4.31 Å². The second-order valence-electron chi connectivity index (χ2n) is 7.40. The fraction of sp³-hybridized carbons (Fsp3) is 0.400. The molecule has 3 aromatic rings. The Balaban J connectivity index is 1.54. The minimum atomic E-state index is -3.56. The van der Waals surface area contributed by atoms with Crippen molar-refractivity contribution in [3.05, 3.63) is 59.5 Å². The lowest BCUT2D eigenvalue weighted by molar-refractivity contribution is 0.381. The minimum absolute atomic E-state index is 0.275. The quantitative estimate of drug-likeness (QED) is 0.698. The number of aryl methyl sites for hydroxylation is 2. The highest BCUT2D eigenvalue weighted by atomic mass is 32.2. The Morgan fingerprint density at radius 3 is 2.70 bits per heavy atom. The lowest BCUT2D eigenvalue weighted by Crippen LogP contribution is -2.31. The summed E-state index contributed by atoms with van der Waals surface area (Å²) in [7, 11) is -3.56. The molecule has 3 heterocycles. The molecule has 5 rings (SSSR count). The van der Waals surface area contributed by atoms with Gasteiger partial charge in [-0.25, -0.2) is 8.42 Å². The summed E-state index contributed by atoms with van der Waals surface area (Å²) < 4.78 is 30.4. The summed E-state index contributed by atoms with van der Waals surface area (Å²) in [6.45, 7) is 0.520. The molecule has 140 valence electrons. The first-order valence-corrected chi connectivity index (χ1v) is 11.0. The average molecular weight is 382 g/mol. The van der Waals surface area contributed by atoms with Crippen LogP contribution in [-0.4, -0.2) is 33.9 Å². The van der Waals surface area contributed by atoms with E-state index in [4.69, 9.17) is 0 Å². The van der Waals surface area contributed by atoms with Gasteiger partial charge in [0.1, 0.15) is 0 Å². The maximum Gasteiger partial charge on any atom is 0.243 e.